The van der Waals surface area contributed by atoms with Gasteiger partial charge in [0.25, 0.3) is 0 Å². The van der Waals surface area contributed by atoms with Gasteiger partial charge in [0.05, 0.1) is 0 Å². The first kappa shape index (κ1) is 19.0. The molecule has 1 nitrogen and oxygen atoms in total. The smallest absolute Gasteiger partial charge is 0.0240 e. The normalized spacial score (nSPS) is 13.5. The van der Waals surface area contributed by atoms with E-state index in [4.69, 9.17) is 0 Å². The summed E-state index contributed by atoms with van der Waals surface area (Å²) in [7, 11) is 2.13. The summed E-state index contributed by atoms with van der Waals surface area (Å²) in [5.41, 5.74) is 1.38. The fourth-order valence-electron chi connectivity index (χ4n) is 2.25. The van der Waals surface area contributed by atoms with Crippen LogP contribution in [0.2, 0.25) is 0 Å². The molecule has 0 saturated carbocycles. The van der Waals surface area contributed by atoms with Crippen molar-refractivity contribution in [3.63, 3.8) is 0 Å². The highest BCUT2D eigenvalue weighted by Crippen LogP contribution is 2.09. The van der Waals surface area contributed by atoms with E-state index < -0.39 is 0 Å². The van der Waals surface area contributed by atoms with Crippen molar-refractivity contribution in [1.29, 1.82) is 0 Å². The molecule has 23 heavy (non-hydrogen) atoms. The maximum absolute atomic E-state index is 3.83. The molecule has 0 saturated heterocycles. The van der Waals surface area contributed by atoms with Gasteiger partial charge in [-0.15, -0.1) is 0 Å². The molecule has 0 heterocycles. The third kappa shape index (κ3) is 7.17. The van der Waals surface area contributed by atoms with Crippen molar-refractivity contribution in [3.05, 3.63) is 59.0 Å². The molecule has 0 aliphatic heterocycles. The lowest BCUT2D eigenvalue weighted by molar-refractivity contribution is 0.362. The Labute approximate surface area is 141 Å². The Morgan fingerprint density at radius 2 is 2.00 bits per heavy atom. The lowest BCUT2D eigenvalue weighted by atomic mass is 9.98. The molecule has 0 unspecified atom stereocenters. The van der Waals surface area contributed by atoms with Crippen LogP contribution in [0, 0.1) is 17.3 Å². The Kier molecular flexibility index (Phi) is 7.59. The average Bonchev–Trinajstić information content (AvgIpc) is 2.47. The lowest BCUT2D eigenvalue weighted by Gasteiger charge is -2.15. The van der Waals surface area contributed by atoms with E-state index >= 15 is 0 Å². The highest BCUT2D eigenvalue weighted by atomic mass is 15.1. The molecule has 0 radical (unpaired) electrons. The topological polar surface area (TPSA) is 3.24 Å². The first-order valence-corrected chi connectivity index (χ1v) is 8.10. The summed E-state index contributed by atoms with van der Waals surface area (Å²) in [5, 5.41) is 2.51. The van der Waals surface area contributed by atoms with E-state index in [9.17, 15) is 0 Å². The van der Waals surface area contributed by atoms with E-state index in [-0.39, 0.29) is 5.41 Å². The Morgan fingerprint density at radius 3 is 2.61 bits per heavy atom. The van der Waals surface area contributed by atoms with Gasteiger partial charge in [0.1, 0.15) is 0 Å². The Balaban J connectivity index is 2.81. The van der Waals surface area contributed by atoms with E-state index in [1.165, 1.54) is 16.0 Å². The van der Waals surface area contributed by atoms with Gasteiger partial charge in [0.15, 0.2) is 0 Å². The third-order valence-electron chi connectivity index (χ3n) is 3.33. The number of allylic oxidation sites excluding steroid dienone is 2. The van der Waals surface area contributed by atoms with E-state index in [0.717, 1.165) is 13.1 Å². The van der Waals surface area contributed by atoms with Crippen molar-refractivity contribution in [1.82, 2.24) is 4.90 Å². The molecular formula is C22H29N. The summed E-state index contributed by atoms with van der Waals surface area (Å²) in [6.07, 6.45) is 10.2. The Hall–Kier alpha value is -2.04. The standard InChI is InChI=1S/C22H29N/c1-7-13-21-19(8-2)14-12-15-20(21)18-23(6)17-11-9-10-16-22(3,4)5/h7-9,11-15H,1,17-18H2,2-6H3/b11-9+,19-8-,21-13+. The largest absolute Gasteiger partial charge is 0.298 e. The fourth-order valence-corrected chi connectivity index (χ4v) is 2.25. The van der Waals surface area contributed by atoms with Crippen molar-refractivity contribution in [2.24, 2.45) is 5.41 Å². The van der Waals surface area contributed by atoms with Gasteiger partial charge in [-0.3, -0.25) is 4.90 Å². The van der Waals surface area contributed by atoms with Gasteiger partial charge >= 0.3 is 0 Å². The van der Waals surface area contributed by atoms with E-state index in [1.54, 1.807) is 0 Å². The minimum Gasteiger partial charge on any atom is -0.298 e. The maximum atomic E-state index is 3.83. The van der Waals surface area contributed by atoms with Gasteiger partial charge in [0.2, 0.25) is 0 Å². The van der Waals surface area contributed by atoms with Crippen molar-refractivity contribution in [2.75, 3.05) is 13.6 Å². The maximum Gasteiger partial charge on any atom is 0.0240 e. The molecule has 0 spiro atoms. The third-order valence-corrected chi connectivity index (χ3v) is 3.33. The molecule has 0 fully saturated rings. The lowest BCUT2D eigenvalue weighted by Crippen LogP contribution is -2.31. The van der Waals surface area contributed by atoms with Crippen LogP contribution in [-0.4, -0.2) is 18.5 Å². The van der Waals surface area contributed by atoms with Crippen LogP contribution in [0.4, 0.5) is 0 Å². The van der Waals surface area contributed by atoms with E-state index in [2.05, 4.69) is 94.5 Å². The number of hydrogen-bond donors (Lipinski definition) is 0. The zero-order chi connectivity index (χ0) is 17.3. The first-order valence-electron chi connectivity index (χ1n) is 8.10. The highest BCUT2D eigenvalue weighted by Gasteiger charge is 2.02. The molecular weight excluding hydrogens is 278 g/mol. The molecule has 1 heteroatoms. The zero-order valence-electron chi connectivity index (χ0n) is 15.2. The molecule has 0 bridgehead atoms. The summed E-state index contributed by atoms with van der Waals surface area (Å²) in [6.45, 7) is 14.0. The second kappa shape index (κ2) is 9.18. The van der Waals surface area contributed by atoms with E-state index in [0.29, 0.717) is 0 Å². The minimum atomic E-state index is 0.0583. The van der Waals surface area contributed by atoms with Crippen LogP contribution in [0.1, 0.15) is 33.3 Å². The monoisotopic (exact) mass is 307 g/mol. The van der Waals surface area contributed by atoms with Crippen LogP contribution < -0.4 is 10.4 Å². The van der Waals surface area contributed by atoms with Crippen LogP contribution in [0.3, 0.4) is 0 Å². The second-order valence-corrected chi connectivity index (χ2v) is 6.73. The van der Waals surface area contributed by atoms with Crippen molar-refractivity contribution in [3.8, 4) is 11.8 Å². The first-order chi connectivity index (χ1) is 10.9. The number of hydrogen-bond acceptors (Lipinski definition) is 1. The highest BCUT2D eigenvalue weighted by molar-refractivity contribution is 5.41. The number of likely N-dealkylation sites (N-methyl/N-ethyl adjacent to an activating group) is 1. The van der Waals surface area contributed by atoms with Crippen molar-refractivity contribution in [2.45, 2.75) is 34.2 Å². The molecule has 122 valence electrons. The molecule has 0 aliphatic carbocycles. The second-order valence-electron chi connectivity index (χ2n) is 6.73. The zero-order valence-corrected chi connectivity index (χ0v) is 15.2. The minimum absolute atomic E-state index is 0.0583. The molecule has 0 aromatic heterocycles. The van der Waals surface area contributed by atoms with Gasteiger partial charge in [-0.2, -0.15) is 0 Å². The molecule has 0 atom stereocenters. The summed E-state index contributed by atoms with van der Waals surface area (Å²) >= 11 is 0. The van der Waals surface area contributed by atoms with Gasteiger partial charge in [0, 0.05) is 18.5 Å². The van der Waals surface area contributed by atoms with Gasteiger partial charge in [-0.25, -0.2) is 0 Å². The Bertz CT molecular complexity index is 718. The van der Waals surface area contributed by atoms with Crippen molar-refractivity contribution < 1.29 is 0 Å². The average molecular weight is 307 g/mol. The molecule has 0 N–H and O–H groups in total. The number of benzene rings is 1. The quantitative estimate of drug-likeness (QED) is 0.753. The molecule has 0 amide bonds. The predicted molar refractivity (Wildman–Crippen MR) is 103 cm³/mol. The van der Waals surface area contributed by atoms with Crippen LogP contribution in [0.15, 0.2) is 43.0 Å². The SMILES string of the molecule is C=C/C=c1/c(CN(C)C/C=C/C#CC(C)(C)C)ccc/c1=C/C. The fraction of sp³-hybridized carbons (Fsp3) is 0.364. The molecule has 0 aliphatic rings. The van der Waals surface area contributed by atoms with Crippen LogP contribution in [-0.2, 0) is 6.54 Å². The van der Waals surface area contributed by atoms with E-state index in [1.807, 2.05) is 12.2 Å². The van der Waals surface area contributed by atoms with Crippen molar-refractivity contribution >= 4 is 12.2 Å². The molecule has 1 aromatic rings. The summed E-state index contributed by atoms with van der Waals surface area (Å²) in [4.78, 5) is 2.28. The summed E-state index contributed by atoms with van der Waals surface area (Å²) in [6, 6.07) is 6.44. The Morgan fingerprint density at radius 1 is 1.26 bits per heavy atom. The van der Waals surface area contributed by atoms with Crippen LogP contribution in [0.5, 0.6) is 0 Å². The van der Waals surface area contributed by atoms with Gasteiger partial charge in [-0.1, -0.05) is 60.9 Å². The van der Waals surface area contributed by atoms with Crippen LogP contribution in [0.25, 0.3) is 12.2 Å². The molecule has 1 rings (SSSR count). The number of nitrogens with zero attached hydrogens (tertiary/aromatic N) is 1. The van der Waals surface area contributed by atoms with Crippen LogP contribution >= 0.6 is 0 Å². The molecule has 1 aromatic carbocycles. The number of rotatable bonds is 5. The summed E-state index contributed by atoms with van der Waals surface area (Å²) < 4.78 is 0. The van der Waals surface area contributed by atoms with Gasteiger partial charge in [-0.05, 0) is 56.8 Å². The van der Waals surface area contributed by atoms with Gasteiger partial charge < -0.3 is 0 Å². The summed E-state index contributed by atoms with van der Waals surface area (Å²) in [5.74, 6) is 6.32. The predicted octanol–water partition coefficient (Wildman–Crippen LogP) is 3.49.